The van der Waals surface area contributed by atoms with E-state index in [0.717, 1.165) is 19.5 Å². The van der Waals surface area contributed by atoms with Gasteiger partial charge in [-0.2, -0.15) is 0 Å². The minimum atomic E-state index is 0.427. The van der Waals surface area contributed by atoms with Gasteiger partial charge in [0.15, 0.2) is 0 Å². The highest BCUT2D eigenvalue weighted by Crippen LogP contribution is 2.33. The van der Waals surface area contributed by atoms with Crippen LogP contribution in [0.1, 0.15) is 54.5 Å². The molecule has 5 nitrogen and oxygen atoms in total. The Kier molecular flexibility index (Phi) is 3.43. The maximum Gasteiger partial charge on any atom is 0.124 e. The number of rotatable bonds is 3. The third kappa shape index (κ3) is 2.58. The smallest absolute Gasteiger partial charge is 0.124 e. The van der Waals surface area contributed by atoms with Gasteiger partial charge < -0.3 is 4.98 Å². The van der Waals surface area contributed by atoms with E-state index in [1.54, 1.807) is 6.33 Å². The number of H-pyrrole nitrogens is 1. The van der Waals surface area contributed by atoms with E-state index in [0.29, 0.717) is 6.04 Å². The van der Waals surface area contributed by atoms with Gasteiger partial charge >= 0.3 is 0 Å². The molecule has 1 aliphatic heterocycles. The van der Waals surface area contributed by atoms with Crippen LogP contribution in [0.2, 0.25) is 0 Å². The number of aromatic amines is 1. The maximum absolute atomic E-state index is 4.90. The van der Waals surface area contributed by atoms with E-state index in [1.807, 2.05) is 12.4 Å². The molecule has 2 aromatic rings. The summed E-state index contributed by atoms with van der Waals surface area (Å²) in [4.78, 5) is 19.2. The molecular formula is C16H21N5. The van der Waals surface area contributed by atoms with E-state index in [9.17, 15) is 0 Å². The molecule has 5 heteroatoms. The van der Waals surface area contributed by atoms with Crippen LogP contribution >= 0.6 is 0 Å². The van der Waals surface area contributed by atoms with Crippen LogP contribution in [0, 0.1) is 0 Å². The Balaban J connectivity index is 1.54. The quantitative estimate of drug-likeness (QED) is 0.940. The average molecular weight is 283 g/mol. The summed E-state index contributed by atoms with van der Waals surface area (Å²) in [6.45, 7) is 2.04. The molecule has 0 aromatic carbocycles. The molecule has 2 aliphatic rings. The number of imidazole rings is 1. The second-order valence-corrected chi connectivity index (χ2v) is 6.13. The lowest BCUT2D eigenvalue weighted by Gasteiger charge is -2.22. The van der Waals surface area contributed by atoms with Gasteiger partial charge in [0, 0.05) is 30.2 Å². The fourth-order valence-corrected chi connectivity index (χ4v) is 3.60. The minimum Gasteiger partial charge on any atom is -0.344 e. The van der Waals surface area contributed by atoms with Gasteiger partial charge in [-0.3, -0.25) is 4.90 Å². The first-order valence-electron chi connectivity index (χ1n) is 7.96. The van der Waals surface area contributed by atoms with E-state index in [-0.39, 0.29) is 0 Å². The van der Waals surface area contributed by atoms with Crippen LogP contribution in [-0.4, -0.2) is 31.4 Å². The molecule has 0 radical (unpaired) electrons. The lowest BCUT2D eigenvalue weighted by molar-refractivity contribution is 0.240. The van der Waals surface area contributed by atoms with Crippen molar-refractivity contribution in [3.8, 4) is 0 Å². The van der Waals surface area contributed by atoms with Crippen LogP contribution < -0.4 is 0 Å². The van der Waals surface area contributed by atoms with E-state index >= 15 is 0 Å². The second kappa shape index (κ2) is 5.56. The van der Waals surface area contributed by atoms with Crippen molar-refractivity contribution < 1.29 is 0 Å². The normalized spacial score (nSPS) is 22.4. The third-order valence-corrected chi connectivity index (χ3v) is 4.65. The van der Waals surface area contributed by atoms with E-state index in [2.05, 4.69) is 19.9 Å². The summed E-state index contributed by atoms with van der Waals surface area (Å²) in [6.07, 6.45) is 12.7. The first kappa shape index (κ1) is 13.0. The number of aryl methyl sites for hydroxylation is 2. The molecule has 4 rings (SSSR count). The summed E-state index contributed by atoms with van der Waals surface area (Å²) in [5.41, 5.74) is 3.87. The summed E-state index contributed by atoms with van der Waals surface area (Å²) in [5, 5.41) is 0. The molecule has 1 saturated heterocycles. The maximum atomic E-state index is 4.90. The number of likely N-dealkylation sites (tertiary alicyclic amines) is 1. The number of fused-ring (bicyclic) bond motifs is 1. The molecule has 0 unspecified atom stereocenters. The van der Waals surface area contributed by atoms with Gasteiger partial charge in [0.05, 0.1) is 11.7 Å². The van der Waals surface area contributed by atoms with Crippen molar-refractivity contribution in [3.05, 3.63) is 41.5 Å². The standard InChI is InChI=1S/C16H21N5/c1-2-5-14-13(4-1)19-16(20-14)15-6-3-7-21(15)10-12-8-17-11-18-9-12/h8-9,11,15H,1-7,10H2,(H,19,20)/t15-/m0/s1. The van der Waals surface area contributed by atoms with Crippen LogP contribution in [0.15, 0.2) is 18.7 Å². The molecule has 0 bridgehead atoms. The highest BCUT2D eigenvalue weighted by Gasteiger charge is 2.29. The largest absolute Gasteiger partial charge is 0.344 e. The molecule has 0 spiro atoms. The first-order valence-corrected chi connectivity index (χ1v) is 7.96. The van der Waals surface area contributed by atoms with Crippen molar-refractivity contribution in [2.75, 3.05) is 6.54 Å². The van der Waals surface area contributed by atoms with Crippen LogP contribution in [-0.2, 0) is 19.4 Å². The van der Waals surface area contributed by atoms with Crippen LogP contribution in [0.3, 0.4) is 0 Å². The monoisotopic (exact) mass is 283 g/mol. The summed E-state index contributed by atoms with van der Waals surface area (Å²) >= 11 is 0. The summed E-state index contributed by atoms with van der Waals surface area (Å²) in [6, 6.07) is 0.427. The van der Waals surface area contributed by atoms with Gasteiger partial charge in [-0.25, -0.2) is 15.0 Å². The Bertz CT molecular complexity index is 583. The molecule has 0 saturated carbocycles. The Morgan fingerprint density at radius 3 is 2.86 bits per heavy atom. The van der Waals surface area contributed by atoms with Crippen molar-refractivity contribution in [2.24, 2.45) is 0 Å². The zero-order valence-electron chi connectivity index (χ0n) is 12.3. The lowest BCUT2D eigenvalue weighted by atomic mass is 10.0. The van der Waals surface area contributed by atoms with Crippen molar-refractivity contribution in [1.82, 2.24) is 24.8 Å². The predicted octanol–water partition coefficient (Wildman–Crippen LogP) is 2.42. The number of aromatic nitrogens is 4. The fourth-order valence-electron chi connectivity index (χ4n) is 3.60. The molecule has 110 valence electrons. The SMILES string of the molecule is c1ncc(CN2CCC[C@H]2c2nc3c([nH]2)CCCC3)cn1. The van der Waals surface area contributed by atoms with Gasteiger partial charge in [-0.15, -0.1) is 0 Å². The Morgan fingerprint density at radius 2 is 2.00 bits per heavy atom. The molecule has 1 aliphatic carbocycles. The third-order valence-electron chi connectivity index (χ3n) is 4.65. The van der Waals surface area contributed by atoms with Crippen LogP contribution in [0.5, 0.6) is 0 Å². The zero-order chi connectivity index (χ0) is 14.1. The first-order chi connectivity index (χ1) is 10.4. The predicted molar refractivity (Wildman–Crippen MR) is 79.6 cm³/mol. The molecule has 1 N–H and O–H groups in total. The number of nitrogens with zero attached hydrogens (tertiary/aromatic N) is 4. The summed E-state index contributed by atoms with van der Waals surface area (Å²) in [7, 11) is 0. The number of hydrogen-bond acceptors (Lipinski definition) is 4. The fraction of sp³-hybridized carbons (Fsp3) is 0.562. The van der Waals surface area contributed by atoms with Crippen molar-refractivity contribution in [2.45, 2.75) is 51.1 Å². The van der Waals surface area contributed by atoms with E-state index < -0.39 is 0 Å². The van der Waals surface area contributed by atoms with E-state index in [4.69, 9.17) is 4.98 Å². The molecule has 1 atom stereocenters. The molecular weight excluding hydrogens is 262 g/mol. The summed E-state index contributed by atoms with van der Waals surface area (Å²) in [5.74, 6) is 1.18. The molecule has 1 fully saturated rings. The van der Waals surface area contributed by atoms with Crippen LogP contribution in [0.25, 0.3) is 0 Å². The van der Waals surface area contributed by atoms with Gasteiger partial charge in [-0.05, 0) is 45.1 Å². The zero-order valence-corrected chi connectivity index (χ0v) is 12.3. The molecule has 21 heavy (non-hydrogen) atoms. The van der Waals surface area contributed by atoms with Gasteiger partial charge in [0.2, 0.25) is 0 Å². The Hall–Kier alpha value is -1.75. The van der Waals surface area contributed by atoms with Crippen LogP contribution in [0.4, 0.5) is 0 Å². The highest BCUT2D eigenvalue weighted by atomic mass is 15.2. The minimum absolute atomic E-state index is 0.427. The highest BCUT2D eigenvalue weighted by molar-refractivity contribution is 5.20. The van der Waals surface area contributed by atoms with Crippen molar-refractivity contribution in [1.29, 1.82) is 0 Å². The Morgan fingerprint density at radius 1 is 1.14 bits per heavy atom. The van der Waals surface area contributed by atoms with Crippen molar-refractivity contribution in [3.63, 3.8) is 0 Å². The molecule has 3 heterocycles. The molecule has 0 amide bonds. The van der Waals surface area contributed by atoms with Crippen molar-refractivity contribution >= 4 is 0 Å². The Labute approximate surface area is 124 Å². The molecule has 2 aromatic heterocycles. The average Bonchev–Trinajstić information content (AvgIpc) is 3.14. The van der Waals surface area contributed by atoms with Gasteiger partial charge in [0.1, 0.15) is 12.2 Å². The van der Waals surface area contributed by atoms with Gasteiger partial charge in [0.25, 0.3) is 0 Å². The lowest BCUT2D eigenvalue weighted by Crippen LogP contribution is -2.23. The second-order valence-electron chi connectivity index (χ2n) is 6.13. The number of hydrogen-bond donors (Lipinski definition) is 1. The number of nitrogens with one attached hydrogen (secondary N) is 1. The van der Waals surface area contributed by atoms with Gasteiger partial charge in [-0.1, -0.05) is 0 Å². The summed E-state index contributed by atoms with van der Waals surface area (Å²) < 4.78 is 0. The topological polar surface area (TPSA) is 57.7 Å². The van der Waals surface area contributed by atoms with E-state index in [1.165, 1.54) is 54.9 Å².